The molecule has 1 aliphatic heterocycles. The number of urea groups is 1. The molecule has 3 N–H and O–H groups in total. The Morgan fingerprint density at radius 2 is 2.32 bits per heavy atom. The molecule has 7 nitrogen and oxygen atoms in total. The van der Waals surface area contributed by atoms with Crippen molar-refractivity contribution in [2.24, 2.45) is 0 Å². The number of hydrogen-bond donors (Lipinski definition) is 3. The van der Waals surface area contributed by atoms with Crippen molar-refractivity contribution in [1.29, 1.82) is 0 Å². The maximum atomic E-state index is 11.8. The number of carboxylic acids is 1. The summed E-state index contributed by atoms with van der Waals surface area (Å²) in [5.74, 6) is -0.493. The third kappa shape index (κ3) is 2.87. The van der Waals surface area contributed by atoms with E-state index in [1.165, 1.54) is 6.26 Å². The lowest BCUT2D eigenvalue weighted by atomic mass is 9.99. The Kier molecular flexibility index (Phi) is 3.75. The average Bonchev–Trinajstić information content (AvgIpc) is 2.99. The zero-order valence-electron chi connectivity index (χ0n) is 10.5. The summed E-state index contributed by atoms with van der Waals surface area (Å²) in [6.45, 7) is 2.04. The Morgan fingerprint density at radius 3 is 2.84 bits per heavy atom. The molecule has 1 fully saturated rings. The zero-order valence-corrected chi connectivity index (χ0v) is 10.5. The van der Waals surface area contributed by atoms with Crippen molar-refractivity contribution >= 4 is 12.0 Å². The minimum atomic E-state index is -1.34. The van der Waals surface area contributed by atoms with Crippen LogP contribution in [0, 0.1) is 0 Å². The summed E-state index contributed by atoms with van der Waals surface area (Å²) in [7, 11) is 0. The molecule has 1 aromatic heterocycles. The third-order valence-electron chi connectivity index (χ3n) is 3.10. The first-order valence-electron chi connectivity index (χ1n) is 5.97. The number of ether oxygens (including phenoxy) is 1. The van der Waals surface area contributed by atoms with Gasteiger partial charge in [-0.2, -0.15) is 0 Å². The maximum absolute atomic E-state index is 11.8. The fourth-order valence-electron chi connectivity index (χ4n) is 1.94. The topological polar surface area (TPSA) is 101 Å². The summed E-state index contributed by atoms with van der Waals surface area (Å²) in [6.07, 6.45) is 1.76. The monoisotopic (exact) mass is 268 g/mol. The highest BCUT2D eigenvalue weighted by Gasteiger charge is 2.44. The first kappa shape index (κ1) is 13.4. The normalized spacial score (nSPS) is 23.8. The summed E-state index contributed by atoms with van der Waals surface area (Å²) in [5.41, 5.74) is -1.34. The minimum Gasteiger partial charge on any atom is -0.479 e. The van der Waals surface area contributed by atoms with Gasteiger partial charge in [-0.05, 0) is 19.1 Å². The number of carbonyl (C=O) groups excluding carboxylic acids is 1. The molecule has 2 atom stereocenters. The first-order chi connectivity index (χ1) is 9.03. The SMILES string of the molecule is CC(NC(=O)NC1(C(=O)O)CCOC1)c1ccco1. The van der Waals surface area contributed by atoms with Gasteiger partial charge in [-0.25, -0.2) is 9.59 Å². The molecule has 2 amide bonds. The molecule has 0 aromatic carbocycles. The van der Waals surface area contributed by atoms with Crippen LogP contribution < -0.4 is 10.6 Å². The first-order valence-corrected chi connectivity index (χ1v) is 5.97. The van der Waals surface area contributed by atoms with E-state index in [4.69, 9.17) is 9.15 Å². The van der Waals surface area contributed by atoms with Crippen molar-refractivity contribution in [3.05, 3.63) is 24.2 Å². The molecule has 2 unspecified atom stereocenters. The molecule has 1 aromatic rings. The summed E-state index contributed by atoms with van der Waals surface area (Å²) in [5, 5.41) is 14.3. The molecule has 0 aliphatic carbocycles. The van der Waals surface area contributed by atoms with Crippen LogP contribution in [0.1, 0.15) is 25.1 Å². The van der Waals surface area contributed by atoms with E-state index >= 15 is 0 Å². The summed E-state index contributed by atoms with van der Waals surface area (Å²) in [6, 6.07) is 2.55. The smallest absolute Gasteiger partial charge is 0.332 e. The highest BCUT2D eigenvalue weighted by atomic mass is 16.5. The predicted octanol–water partition coefficient (Wildman–Crippen LogP) is 0.883. The number of amides is 2. The Balaban J connectivity index is 1.95. The molecule has 2 heterocycles. The van der Waals surface area contributed by atoms with Gasteiger partial charge in [0.15, 0.2) is 5.54 Å². The van der Waals surface area contributed by atoms with E-state index < -0.39 is 17.5 Å². The average molecular weight is 268 g/mol. The Morgan fingerprint density at radius 1 is 1.53 bits per heavy atom. The molecule has 1 aliphatic rings. The summed E-state index contributed by atoms with van der Waals surface area (Å²) >= 11 is 0. The van der Waals surface area contributed by atoms with E-state index in [0.717, 1.165) is 0 Å². The van der Waals surface area contributed by atoms with Gasteiger partial charge in [0, 0.05) is 13.0 Å². The molecule has 1 saturated heterocycles. The Labute approximate surface area is 109 Å². The van der Waals surface area contributed by atoms with Gasteiger partial charge >= 0.3 is 12.0 Å². The van der Waals surface area contributed by atoms with Crippen LogP contribution in [0.3, 0.4) is 0 Å². The van der Waals surface area contributed by atoms with Crippen LogP contribution in [0.2, 0.25) is 0 Å². The molecule has 0 bridgehead atoms. The zero-order chi connectivity index (χ0) is 13.9. The van der Waals surface area contributed by atoms with Gasteiger partial charge in [-0.1, -0.05) is 0 Å². The largest absolute Gasteiger partial charge is 0.479 e. The number of aliphatic carboxylic acids is 1. The van der Waals surface area contributed by atoms with Crippen molar-refractivity contribution in [3.8, 4) is 0 Å². The maximum Gasteiger partial charge on any atom is 0.332 e. The molecular weight excluding hydrogens is 252 g/mol. The Bertz CT molecular complexity index is 451. The van der Waals surface area contributed by atoms with Crippen LogP contribution in [0.25, 0.3) is 0 Å². The van der Waals surface area contributed by atoms with E-state index in [-0.39, 0.29) is 19.1 Å². The van der Waals surface area contributed by atoms with Crippen LogP contribution in [0.4, 0.5) is 4.79 Å². The predicted molar refractivity (Wildman–Crippen MR) is 64.6 cm³/mol. The van der Waals surface area contributed by atoms with E-state index in [1.807, 2.05) is 0 Å². The van der Waals surface area contributed by atoms with Gasteiger partial charge in [-0.3, -0.25) is 0 Å². The highest BCUT2D eigenvalue weighted by Crippen LogP contribution is 2.19. The van der Waals surface area contributed by atoms with Crippen LogP contribution >= 0.6 is 0 Å². The molecule has 104 valence electrons. The van der Waals surface area contributed by atoms with Gasteiger partial charge in [0.05, 0.1) is 18.9 Å². The molecule has 2 rings (SSSR count). The van der Waals surface area contributed by atoms with Crippen LogP contribution in [0.15, 0.2) is 22.8 Å². The van der Waals surface area contributed by atoms with Crippen LogP contribution in [0.5, 0.6) is 0 Å². The van der Waals surface area contributed by atoms with Crippen molar-refractivity contribution in [2.75, 3.05) is 13.2 Å². The standard InChI is InChI=1S/C12H16N2O5/c1-8(9-3-2-5-19-9)13-11(17)14-12(10(15)16)4-6-18-7-12/h2-3,5,8H,4,6-7H2,1H3,(H,15,16)(H2,13,14,17). The molecule has 0 saturated carbocycles. The van der Waals surface area contributed by atoms with Crippen molar-refractivity contribution in [1.82, 2.24) is 10.6 Å². The van der Waals surface area contributed by atoms with Crippen LogP contribution in [-0.2, 0) is 9.53 Å². The lowest BCUT2D eigenvalue weighted by molar-refractivity contribution is -0.144. The number of furan rings is 1. The quantitative estimate of drug-likeness (QED) is 0.752. The van der Waals surface area contributed by atoms with Gasteiger partial charge in [0.2, 0.25) is 0 Å². The molecule has 7 heteroatoms. The van der Waals surface area contributed by atoms with Gasteiger partial charge in [0.25, 0.3) is 0 Å². The third-order valence-corrected chi connectivity index (χ3v) is 3.10. The number of carboxylic acid groups (broad SMARTS) is 1. The lowest BCUT2D eigenvalue weighted by Crippen LogP contribution is -2.57. The lowest BCUT2D eigenvalue weighted by Gasteiger charge is -2.24. The molecule has 19 heavy (non-hydrogen) atoms. The fourth-order valence-corrected chi connectivity index (χ4v) is 1.94. The minimum absolute atomic E-state index is 0.0229. The van der Waals surface area contributed by atoms with Gasteiger partial charge in [-0.15, -0.1) is 0 Å². The fraction of sp³-hybridized carbons (Fsp3) is 0.500. The van der Waals surface area contributed by atoms with Gasteiger partial charge < -0.3 is 24.9 Å². The van der Waals surface area contributed by atoms with E-state index in [9.17, 15) is 14.7 Å². The van der Waals surface area contributed by atoms with Crippen molar-refractivity contribution in [2.45, 2.75) is 24.9 Å². The highest BCUT2D eigenvalue weighted by molar-refractivity contribution is 5.86. The summed E-state index contributed by atoms with van der Waals surface area (Å²) in [4.78, 5) is 23.1. The van der Waals surface area contributed by atoms with Crippen LogP contribution in [-0.4, -0.2) is 35.9 Å². The number of nitrogens with one attached hydrogen (secondary N) is 2. The van der Waals surface area contributed by atoms with E-state index in [2.05, 4.69) is 10.6 Å². The second-order valence-electron chi connectivity index (χ2n) is 4.53. The number of rotatable bonds is 4. The Hall–Kier alpha value is -2.02. The molecular formula is C12H16N2O5. The van der Waals surface area contributed by atoms with E-state index in [0.29, 0.717) is 12.4 Å². The number of hydrogen-bond acceptors (Lipinski definition) is 4. The van der Waals surface area contributed by atoms with Crippen molar-refractivity contribution < 1.29 is 23.8 Å². The van der Waals surface area contributed by atoms with Crippen molar-refractivity contribution in [3.63, 3.8) is 0 Å². The van der Waals surface area contributed by atoms with E-state index in [1.54, 1.807) is 19.1 Å². The molecule has 0 radical (unpaired) electrons. The summed E-state index contributed by atoms with van der Waals surface area (Å²) < 4.78 is 10.2. The van der Waals surface area contributed by atoms with Gasteiger partial charge in [0.1, 0.15) is 5.76 Å². The molecule has 0 spiro atoms. The second kappa shape index (κ2) is 5.31. The number of carbonyl (C=O) groups is 2. The second-order valence-corrected chi connectivity index (χ2v) is 4.53.